The highest BCUT2D eigenvalue weighted by Gasteiger charge is 2.10. The molecule has 5 nitrogen and oxygen atoms in total. The van der Waals surface area contributed by atoms with E-state index in [1.807, 2.05) is 13.0 Å². The fourth-order valence-corrected chi connectivity index (χ4v) is 1.02. The number of hydrogen-bond acceptors (Lipinski definition) is 3. The van der Waals surface area contributed by atoms with Gasteiger partial charge in [0.25, 0.3) is 0 Å². The lowest BCUT2D eigenvalue weighted by Crippen LogP contribution is -2.20. The molecule has 12 heavy (non-hydrogen) atoms. The Morgan fingerprint density at radius 2 is 2.67 bits per heavy atom. The maximum absolute atomic E-state index is 11.0. The van der Waals surface area contributed by atoms with Crippen molar-refractivity contribution in [1.29, 1.82) is 5.26 Å². The van der Waals surface area contributed by atoms with Crippen LogP contribution in [0.25, 0.3) is 0 Å². The molecule has 1 atom stereocenters. The van der Waals surface area contributed by atoms with Crippen LogP contribution in [0.5, 0.6) is 0 Å². The molecule has 1 rings (SSSR count). The molecule has 0 aliphatic heterocycles. The number of nitrogens with one attached hydrogen (secondary N) is 1. The largest absolute Gasteiger partial charge is 0.344 e. The highest BCUT2D eigenvalue weighted by molar-refractivity contribution is 4.89. The van der Waals surface area contributed by atoms with Crippen molar-refractivity contribution >= 4 is 0 Å². The van der Waals surface area contributed by atoms with Crippen LogP contribution in [0.15, 0.2) is 11.1 Å². The van der Waals surface area contributed by atoms with Gasteiger partial charge in [-0.1, -0.05) is 13.3 Å². The molecule has 0 amide bonds. The molecule has 5 heteroatoms. The van der Waals surface area contributed by atoms with Crippen molar-refractivity contribution in [3.8, 4) is 6.07 Å². The van der Waals surface area contributed by atoms with E-state index in [-0.39, 0.29) is 11.7 Å². The Labute approximate surface area is 69.6 Å². The standard InChI is InChI=1S/C7H10N4O/c1-2-3-6(4-8)11-5-9-10-7(11)12/h5-6H,2-3H2,1H3,(H,10,12). The van der Waals surface area contributed by atoms with Crippen molar-refractivity contribution in [2.45, 2.75) is 25.8 Å². The van der Waals surface area contributed by atoms with E-state index in [1.54, 1.807) is 0 Å². The predicted octanol–water partition coefficient (Wildman–Crippen LogP) is 0.436. The summed E-state index contributed by atoms with van der Waals surface area (Å²) in [6, 6.07) is 1.66. The van der Waals surface area contributed by atoms with E-state index in [9.17, 15) is 4.79 Å². The molecule has 0 aromatic carbocycles. The second-order valence-corrected chi connectivity index (χ2v) is 2.50. The molecule has 0 fully saturated rings. The Morgan fingerprint density at radius 3 is 3.08 bits per heavy atom. The predicted molar refractivity (Wildman–Crippen MR) is 42.4 cm³/mol. The van der Waals surface area contributed by atoms with Crippen molar-refractivity contribution in [1.82, 2.24) is 14.8 Å². The fraction of sp³-hybridized carbons (Fsp3) is 0.571. The maximum Gasteiger partial charge on any atom is 0.344 e. The Kier molecular flexibility index (Phi) is 2.64. The van der Waals surface area contributed by atoms with Gasteiger partial charge < -0.3 is 0 Å². The van der Waals surface area contributed by atoms with Crippen LogP contribution in [0.4, 0.5) is 0 Å². The van der Waals surface area contributed by atoms with Crippen molar-refractivity contribution in [2.75, 3.05) is 0 Å². The Hall–Kier alpha value is -1.57. The SMILES string of the molecule is CCCC(C#N)n1cn[nH]c1=O. The van der Waals surface area contributed by atoms with Gasteiger partial charge in [0.05, 0.1) is 6.07 Å². The first-order valence-corrected chi connectivity index (χ1v) is 3.80. The van der Waals surface area contributed by atoms with E-state index < -0.39 is 0 Å². The minimum absolute atomic E-state index is 0.324. The van der Waals surface area contributed by atoms with Gasteiger partial charge in [-0.15, -0.1) is 0 Å². The lowest BCUT2D eigenvalue weighted by atomic mass is 10.2. The highest BCUT2D eigenvalue weighted by atomic mass is 16.1. The number of hydrogen-bond donors (Lipinski definition) is 1. The summed E-state index contributed by atoms with van der Waals surface area (Å²) in [4.78, 5) is 11.0. The van der Waals surface area contributed by atoms with Crippen LogP contribution in [-0.4, -0.2) is 14.8 Å². The molecule has 0 saturated carbocycles. The van der Waals surface area contributed by atoms with Gasteiger partial charge in [-0.05, 0) is 6.42 Å². The van der Waals surface area contributed by atoms with E-state index in [4.69, 9.17) is 5.26 Å². The van der Waals surface area contributed by atoms with E-state index in [0.29, 0.717) is 6.42 Å². The molecule has 0 bridgehead atoms. The van der Waals surface area contributed by atoms with Gasteiger partial charge in [-0.2, -0.15) is 10.4 Å². The smallest absolute Gasteiger partial charge is 0.265 e. The van der Waals surface area contributed by atoms with E-state index in [1.165, 1.54) is 10.9 Å². The second-order valence-electron chi connectivity index (χ2n) is 2.50. The maximum atomic E-state index is 11.0. The number of nitrogens with zero attached hydrogens (tertiary/aromatic N) is 3. The number of rotatable bonds is 3. The first-order valence-electron chi connectivity index (χ1n) is 3.80. The average molecular weight is 166 g/mol. The summed E-state index contributed by atoms with van der Waals surface area (Å²) in [7, 11) is 0. The zero-order valence-electron chi connectivity index (χ0n) is 6.82. The van der Waals surface area contributed by atoms with Gasteiger partial charge in [0.15, 0.2) is 0 Å². The van der Waals surface area contributed by atoms with Gasteiger partial charge >= 0.3 is 5.69 Å². The third kappa shape index (κ3) is 1.53. The summed E-state index contributed by atoms with van der Waals surface area (Å²) in [6.45, 7) is 1.97. The lowest BCUT2D eigenvalue weighted by Gasteiger charge is -2.05. The minimum Gasteiger partial charge on any atom is -0.265 e. The van der Waals surface area contributed by atoms with Gasteiger partial charge in [-0.25, -0.2) is 9.89 Å². The van der Waals surface area contributed by atoms with Crippen LogP contribution >= 0.6 is 0 Å². The normalized spacial score (nSPS) is 12.3. The summed E-state index contributed by atoms with van der Waals surface area (Å²) >= 11 is 0. The molecular weight excluding hydrogens is 156 g/mol. The summed E-state index contributed by atoms with van der Waals surface area (Å²) in [6.07, 6.45) is 2.90. The molecule has 0 aliphatic carbocycles. The van der Waals surface area contributed by atoms with Crippen LogP contribution < -0.4 is 5.69 Å². The van der Waals surface area contributed by atoms with Gasteiger partial charge in [0, 0.05) is 0 Å². The van der Waals surface area contributed by atoms with E-state index in [2.05, 4.69) is 10.2 Å². The van der Waals surface area contributed by atoms with Gasteiger partial charge in [0.2, 0.25) is 0 Å². The molecule has 1 aromatic heterocycles. The topological polar surface area (TPSA) is 74.5 Å². The van der Waals surface area contributed by atoms with Crippen molar-refractivity contribution in [2.24, 2.45) is 0 Å². The monoisotopic (exact) mass is 166 g/mol. The summed E-state index contributed by atoms with van der Waals surface area (Å²) in [5.41, 5.74) is -0.324. The molecule has 1 N–H and O–H groups in total. The van der Waals surface area contributed by atoms with Gasteiger partial charge in [0.1, 0.15) is 12.4 Å². The Balaban J connectivity index is 2.89. The van der Waals surface area contributed by atoms with Crippen molar-refractivity contribution in [3.05, 3.63) is 16.8 Å². The van der Waals surface area contributed by atoms with E-state index >= 15 is 0 Å². The van der Waals surface area contributed by atoms with Crippen LogP contribution in [0.2, 0.25) is 0 Å². The van der Waals surface area contributed by atoms with Crippen molar-refractivity contribution in [3.63, 3.8) is 0 Å². The first-order chi connectivity index (χ1) is 5.79. The van der Waals surface area contributed by atoms with Crippen LogP contribution in [-0.2, 0) is 0 Å². The highest BCUT2D eigenvalue weighted by Crippen LogP contribution is 2.08. The number of H-pyrrole nitrogens is 1. The molecule has 64 valence electrons. The molecular formula is C7H10N4O. The third-order valence-corrected chi connectivity index (χ3v) is 1.62. The number of aromatic nitrogens is 3. The zero-order valence-corrected chi connectivity index (χ0v) is 6.82. The molecule has 0 aliphatic rings. The second kappa shape index (κ2) is 3.72. The third-order valence-electron chi connectivity index (χ3n) is 1.62. The van der Waals surface area contributed by atoms with Gasteiger partial charge in [-0.3, -0.25) is 4.57 Å². The summed E-state index contributed by atoms with van der Waals surface area (Å²) in [5.74, 6) is 0. The summed E-state index contributed by atoms with van der Waals surface area (Å²) < 4.78 is 1.31. The molecule has 1 heterocycles. The number of nitriles is 1. The minimum atomic E-state index is -0.388. The fourth-order valence-electron chi connectivity index (χ4n) is 1.02. The van der Waals surface area contributed by atoms with E-state index in [0.717, 1.165) is 6.42 Å². The zero-order chi connectivity index (χ0) is 8.97. The number of aromatic amines is 1. The molecule has 0 spiro atoms. The molecule has 1 unspecified atom stereocenters. The molecule has 0 radical (unpaired) electrons. The van der Waals surface area contributed by atoms with Crippen LogP contribution in [0.1, 0.15) is 25.8 Å². The molecule has 1 aromatic rings. The van der Waals surface area contributed by atoms with Crippen LogP contribution in [0.3, 0.4) is 0 Å². The average Bonchev–Trinajstić information content (AvgIpc) is 2.47. The molecule has 0 saturated heterocycles. The quantitative estimate of drug-likeness (QED) is 0.707. The Morgan fingerprint density at radius 1 is 1.92 bits per heavy atom. The lowest BCUT2D eigenvalue weighted by molar-refractivity contribution is 0.544. The Bertz CT molecular complexity index is 332. The van der Waals surface area contributed by atoms with Crippen LogP contribution in [0, 0.1) is 11.3 Å². The van der Waals surface area contributed by atoms with Crippen molar-refractivity contribution < 1.29 is 0 Å². The first kappa shape index (κ1) is 8.53. The summed E-state index contributed by atoms with van der Waals surface area (Å²) in [5, 5.41) is 14.5.